The van der Waals surface area contributed by atoms with Crippen LogP contribution < -0.4 is 5.73 Å². The van der Waals surface area contributed by atoms with Gasteiger partial charge in [0.15, 0.2) is 5.78 Å². The van der Waals surface area contributed by atoms with Crippen LogP contribution in [0.5, 0.6) is 0 Å². The first-order chi connectivity index (χ1) is 9.79. The minimum Gasteiger partial charge on any atom is -0.327 e. The molecule has 6 heteroatoms. The smallest absolute Gasteiger partial charge is 0.327 e. The van der Waals surface area contributed by atoms with E-state index in [4.69, 9.17) is 5.73 Å². The van der Waals surface area contributed by atoms with Crippen LogP contribution in [-0.2, 0) is 6.18 Å². The highest BCUT2D eigenvalue weighted by molar-refractivity contribution is 5.99. The number of carbonyl (C=O) groups excluding carboxylic acids is 1. The number of rotatable bonds is 2. The lowest BCUT2D eigenvalue weighted by molar-refractivity contribution is -0.140. The average molecular weight is 301 g/mol. The van der Waals surface area contributed by atoms with E-state index >= 15 is 0 Å². The zero-order valence-corrected chi connectivity index (χ0v) is 11.2. The van der Waals surface area contributed by atoms with Gasteiger partial charge in [-0.15, -0.1) is 0 Å². The summed E-state index contributed by atoms with van der Waals surface area (Å²) in [5, 5.41) is 0. The van der Waals surface area contributed by atoms with Gasteiger partial charge in [-0.2, -0.15) is 13.2 Å². The SMILES string of the molecule is NC1C2CCC(C2)C1C(=O)c1ccc(F)c(C(F)(F)F)c1. The maximum Gasteiger partial charge on any atom is 0.419 e. The third kappa shape index (κ3) is 2.35. The summed E-state index contributed by atoms with van der Waals surface area (Å²) in [4.78, 5) is 12.5. The minimum atomic E-state index is -4.81. The second kappa shape index (κ2) is 4.80. The predicted octanol–water partition coefficient (Wildman–Crippen LogP) is 3.40. The Morgan fingerprint density at radius 3 is 2.43 bits per heavy atom. The Bertz CT molecular complexity index is 582. The Balaban J connectivity index is 1.92. The molecule has 0 aromatic heterocycles. The van der Waals surface area contributed by atoms with E-state index in [1.807, 2.05) is 0 Å². The molecule has 2 aliphatic carbocycles. The number of Topliss-reactive ketones (excluding diaryl/α,β-unsaturated/α-hetero) is 1. The van der Waals surface area contributed by atoms with Crippen molar-refractivity contribution in [2.45, 2.75) is 31.5 Å². The van der Waals surface area contributed by atoms with Gasteiger partial charge in [-0.05, 0) is 49.3 Å². The topological polar surface area (TPSA) is 43.1 Å². The van der Waals surface area contributed by atoms with Crippen molar-refractivity contribution in [1.29, 1.82) is 0 Å². The van der Waals surface area contributed by atoms with Gasteiger partial charge in [-0.1, -0.05) is 0 Å². The summed E-state index contributed by atoms with van der Waals surface area (Å²) < 4.78 is 51.4. The standard InChI is InChI=1S/C15H15F4NO/c16-11-4-3-9(6-10(11)15(17,18)19)14(21)12-7-1-2-8(5-7)13(12)20/h3-4,6-8,12-13H,1-2,5,20H2. The summed E-state index contributed by atoms with van der Waals surface area (Å²) in [5.41, 5.74) is 4.54. The molecule has 0 aliphatic heterocycles. The molecule has 2 bridgehead atoms. The summed E-state index contributed by atoms with van der Waals surface area (Å²) in [5.74, 6) is -1.75. The monoisotopic (exact) mass is 301 g/mol. The molecule has 0 spiro atoms. The summed E-state index contributed by atoms with van der Waals surface area (Å²) in [6.45, 7) is 0. The normalized spacial score (nSPS) is 31.7. The second-order valence-electron chi connectivity index (χ2n) is 5.99. The van der Waals surface area contributed by atoms with Gasteiger partial charge in [0.2, 0.25) is 0 Å². The summed E-state index contributed by atoms with van der Waals surface area (Å²) in [7, 11) is 0. The van der Waals surface area contributed by atoms with Gasteiger partial charge in [0.25, 0.3) is 0 Å². The Morgan fingerprint density at radius 1 is 1.19 bits per heavy atom. The number of alkyl halides is 3. The molecule has 3 rings (SSSR count). The van der Waals surface area contributed by atoms with Crippen molar-refractivity contribution in [3.63, 3.8) is 0 Å². The molecule has 4 atom stereocenters. The van der Waals surface area contributed by atoms with Crippen molar-refractivity contribution >= 4 is 5.78 Å². The van der Waals surface area contributed by atoms with Gasteiger partial charge in [-0.3, -0.25) is 4.79 Å². The molecule has 2 nitrogen and oxygen atoms in total. The third-order valence-corrected chi connectivity index (χ3v) is 4.84. The highest BCUT2D eigenvalue weighted by atomic mass is 19.4. The van der Waals surface area contributed by atoms with Crippen LogP contribution in [0.15, 0.2) is 18.2 Å². The molecule has 2 saturated carbocycles. The van der Waals surface area contributed by atoms with E-state index in [0.717, 1.165) is 25.3 Å². The number of fused-ring (bicyclic) bond motifs is 2. The molecular formula is C15H15F4NO. The lowest BCUT2D eigenvalue weighted by Gasteiger charge is -2.27. The van der Waals surface area contributed by atoms with Gasteiger partial charge in [0.1, 0.15) is 5.82 Å². The number of hydrogen-bond acceptors (Lipinski definition) is 2. The Kier molecular flexibility index (Phi) is 3.31. The van der Waals surface area contributed by atoms with Crippen LogP contribution >= 0.6 is 0 Å². The Hall–Kier alpha value is -1.43. The van der Waals surface area contributed by atoms with Crippen LogP contribution in [0.2, 0.25) is 0 Å². The van der Waals surface area contributed by atoms with Crippen LogP contribution in [0.25, 0.3) is 0 Å². The Morgan fingerprint density at radius 2 is 1.86 bits per heavy atom. The number of hydrogen-bond donors (Lipinski definition) is 1. The molecule has 1 aromatic carbocycles. The molecule has 21 heavy (non-hydrogen) atoms. The second-order valence-corrected chi connectivity index (χ2v) is 5.99. The molecule has 0 saturated heterocycles. The molecular weight excluding hydrogens is 286 g/mol. The largest absolute Gasteiger partial charge is 0.419 e. The average Bonchev–Trinajstić information content (AvgIpc) is 2.98. The highest BCUT2D eigenvalue weighted by Crippen LogP contribution is 2.48. The number of benzene rings is 1. The zero-order chi connectivity index (χ0) is 15.4. The molecule has 2 fully saturated rings. The molecule has 114 valence electrons. The van der Waals surface area contributed by atoms with Crippen LogP contribution in [0.4, 0.5) is 17.6 Å². The number of ketones is 1. The maximum absolute atomic E-state index is 13.3. The van der Waals surface area contributed by atoms with Crippen molar-refractivity contribution < 1.29 is 22.4 Å². The first-order valence-corrected chi connectivity index (χ1v) is 6.95. The van der Waals surface area contributed by atoms with Gasteiger partial charge in [0.05, 0.1) is 5.56 Å². The van der Waals surface area contributed by atoms with Crippen LogP contribution in [0.1, 0.15) is 35.2 Å². The highest BCUT2D eigenvalue weighted by Gasteiger charge is 2.49. The van der Waals surface area contributed by atoms with E-state index in [9.17, 15) is 22.4 Å². The number of halogens is 4. The Labute approximate surface area is 119 Å². The molecule has 0 heterocycles. The number of carbonyl (C=O) groups is 1. The first-order valence-electron chi connectivity index (χ1n) is 6.95. The van der Waals surface area contributed by atoms with Gasteiger partial charge >= 0.3 is 6.18 Å². The van der Waals surface area contributed by atoms with E-state index in [1.54, 1.807) is 0 Å². The third-order valence-electron chi connectivity index (χ3n) is 4.84. The van der Waals surface area contributed by atoms with Crippen LogP contribution in [-0.4, -0.2) is 11.8 Å². The van der Waals surface area contributed by atoms with Crippen LogP contribution in [0.3, 0.4) is 0 Å². The first kappa shape index (κ1) is 14.5. The van der Waals surface area contributed by atoms with Crippen molar-refractivity contribution in [3.05, 3.63) is 35.1 Å². The minimum absolute atomic E-state index is 0.100. The maximum atomic E-state index is 13.3. The van der Waals surface area contributed by atoms with Crippen LogP contribution in [0, 0.1) is 23.6 Å². The fourth-order valence-corrected chi connectivity index (χ4v) is 3.81. The van der Waals surface area contributed by atoms with Crippen molar-refractivity contribution in [3.8, 4) is 0 Å². The number of nitrogens with two attached hydrogens (primary N) is 1. The lowest BCUT2D eigenvalue weighted by atomic mass is 9.80. The summed E-state index contributed by atoms with van der Waals surface area (Å²) in [6.07, 6.45) is -2.07. The van der Waals surface area contributed by atoms with Crippen molar-refractivity contribution in [1.82, 2.24) is 0 Å². The zero-order valence-electron chi connectivity index (χ0n) is 11.2. The molecule has 2 aliphatic rings. The van der Waals surface area contributed by atoms with E-state index in [2.05, 4.69) is 0 Å². The fraction of sp³-hybridized carbons (Fsp3) is 0.533. The van der Waals surface area contributed by atoms with Crippen molar-refractivity contribution in [2.24, 2.45) is 23.5 Å². The van der Waals surface area contributed by atoms with Gasteiger partial charge < -0.3 is 5.73 Å². The van der Waals surface area contributed by atoms with E-state index < -0.39 is 23.5 Å². The molecule has 4 unspecified atom stereocenters. The molecule has 1 aromatic rings. The van der Waals surface area contributed by atoms with E-state index in [1.165, 1.54) is 0 Å². The van der Waals surface area contributed by atoms with Crippen molar-refractivity contribution in [2.75, 3.05) is 0 Å². The quantitative estimate of drug-likeness (QED) is 0.672. The molecule has 0 radical (unpaired) electrons. The molecule has 2 N–H and O–H groups in total. The lowest BCUT2D eigenvalue weighted by Crippen LogP contribution is -2.40. The van der Waals surface area contributed by atoms with Gasteiger partial charge in [0, 0.05) is 17.5 Å². The molecule has 0 amide bonds. The fourth-order valence-electron chi connectivity index (χ4n) is 3.81. The predicted molar refractivity (Wildman–Crippen MR) is 68.0 cm³/mol. The summed E-state index contributed by atoms with van der Waals surface area (Å²) in [6, 6.07) is 2.13. The summed E-state index contributed by atoms with van der Waals surface area (Å²) >= 11 is 0. The van der Waals surface area contributed by atoms with E-state index in [0.29, 0.717) is 12.1 Å². The van der Waals surface area contributed by atoms with E-state index in [-0.39, 0.29) is 29.2 Å². The van der Waals surface area contributed by atoms with Gasteiger partial charge in [-0.25, -0.2) is 4.39 Å².